The fourth-order valence-corrected chi connectivity index (χ4v) is 2.64. The van der Waals surface area contributed by atoms with Crippen molar-refractivity contribution in [3.63, 3.8) is 0 Å². The molecule has 1 saturated heterocycles. The third-order valence-corrected chi connectivity index (χ3v) is 3.89. The summed E-state index contributed by atoms with van der Waals surface area (Å²) in [5.74, 6) is 0.838. The average Bonchev–Trinajstić information content (AvgIpc) is 2.39. The molecule has 0 atom stereocenters. The van der Waals surface area contributed by atoms with Crippen molar-refractivity contribution < 1.29 is 4.79 Å². The Bertz CT molecular complexity index is 397. The zero-order valence-electron chi connectivity index (χ0n) is 10.2. The molecule has 0 saturated carbocycles. The van der Waals surface area contributed by atoms with Crippen molar-refractivity contribution in [1.82, 2.24) is 0 Å². The Morgan fingerprint density at radius 2 is 2.12 bits per heavy atom. The van der Waals surface area contributed by atoms with E-state index in [9.17, 15) is 4.79 Å². The third kappa shape index (κ3) is 2.81. The van der Waals surface area contributed by atoms with Crippen molar-refractivity contribution in [3.8, 4) is 0 Å². The first-order valence-electron chi connectivity index (χ1n) is 6.24. The van der Waals surface area contributed by atoms with Gasteiger partial charge in [-0.3, -0.25) is 4.79 Å². The highest BCUT2D eigenvalue weighted by Crippen LogP contribution is 2.29. The van der Waals surface area contributed by atoms with E-state index in [2.05, 4.69) is 11.8 Å². The molecule has 1 fully saturated rings. The van der Waals surface area contributed by atoms with Crippen LogP contribution in [0.2, 0.25) is 5.02 Å². The summed E-state index contributed by atoms with van der Waals surface area (Å²) in [6.45, 7) is 4.30. The van der Waals surface area contributed by atoms with Crippen LogP contribution >= 0.6 is 11.6 Å². The first-order chi connectivity index (χ1) is 8.24. The summed E-state index contributed by atoms with van der Waals surface area (Å²) >= 11 is 6.01. The summed E-state index contributed by atoms with van der Waals surface area (Å²) in [6.07, 6.45) is 4.59. The Labute approximate surface area is 108 Å². The quantitative estimate of drug-likeness (QED) is 0.762. The Morgan fingerprint density at radius 1 is 1.41 bits per heavy atom. The van der Waals surface area contributed by atoms with Crippen LogP contribution in [-0.2, 0) is 0 Å². The van der Waals surface area contributed by atoms with Gasteiger partial charge >= 0.3 is 0 Å². The topological polar surface area (TPSA) is 20.3 Å². The number of hydrogen-bond donors (Lipinski definition) is 0. The molecule has 0 aliphatic carbocycles. The Balaban J connectivity index is 2.17. The third-order valence-electron chi connectivity index (χ3n) is 3.65. The van der Waals surface area contributed by atoms with Gasteiger partial charge in [-0.25, -0.2) is 0 Å². The number of anilines is 1. The standard InChI is InChI=1S/C14H18ClNO/c1-2-11-5-7-16(8-6-11)14-9-13(15)4-3-12(14)10-17/h3-4,9-11H,2,5-8H2,1H3. The number of halogens is 1. The summed E-state index contributed by atoms with van der Waals surface area (Å²) in [4.78, 5) is 13.3. The van der Waals surface area contributed by atoms with Gasteiger partial charge in [0, 0.05) is 29.4 Å². The molecule has 0 radical (unpaired) electrons. The molecule has 0 bridgehead atoms. The van der Waals surface area contributed by atoms with E-state index >= 15 is 0 Å². The highest BCUT2D eigenvalue weighted by Gasteiger charge is 2.19. The molecule has 1 aromatic carbocycles. The zero-order chi connectivity index (χ0) is 12.3. The van der Waals surface area contributed by atoms with Gasteiger partial charge in [-0.15, -0.1) is 0 Å². The maximum absolute atomic E-state index is 11.0. The number of benzene rings is 1. The molecule has 0 N–H and O–H groups in total. The number of carbonyl (C=O) groups is 1. The van der Waals surface area contributed by atoms with Gasteiger partial charge in [0.1, 0.15) is 0 Å². The molecule has 1 aliphatic heterocycles. The predicted octanol–water partition coefficient (Wildman–Crippen LogP) is 3.78. The normalized spacial score (nSPS) is 17.2. The lowest BCUT2D eigenvalue weighted by Crippen LogP contribution is -2.34. The SMILES string of the molecule is CCC1CCN(c2cc(Cl)ccc2C=O)CC1. The van der Waals surface area contributed by atoms with Gasteiger partial charge in [0.15, 0.2) is 6.29 Å². The predicted molar refractivity (Wildman–Crippen MR) is 72.1 cm³/mol. The number of carbonyl (C=O) groups excluding carboxylic acids is 1. The van der Waals surface area contributed by atoms with Crippen molar-refractivity contribution in [2.75, 3.05) is 18.0 Å². The van der Waals surface area contributed by atoms with Crippen molar-refractivity contribution in [2.45, 2.75) is 26.2 Å². The molecule has 0 amide bonds. The molecule has 3 heteroatoms. The fourth-order valence-electron chi connectivity index (χ4n) is 2.47. The van der Waals surface area contributed by atoms with Gasteiger partial charge in [-0.2, -0.15) is 0 Å². The molecule has 0 aromatic heterocycles. The van der Waals surface area contributed by atoms with Crippen LogP contribution in [0.1, 0.15) is 36.5 Å². The molecule has 1 heterocycles. The highest BCUT2D eigenvalue weighted by atomic mass is 35.5. The smallest absolute Gasteiger partial charge is 0.152 e. The lowest BCUT2D eigenvalue weighted by molar-refractivity contribution is 0.112. The zero-order valence-corrected chi connectivity index (χ0v) is 10.9. The van der Waals surface area contributed by atoms with Crippen molar-refractivity contribution in [1.29, 1.82) is 0 Å². The first-order valence-corrected chi connectivity index (χ1v) is 6.62. The van der Waals surface area contributed by atoms with E-state index in [0.29, 0.717) is 5.02 Å². The number of aldehydes is 1. The van der Waals surface area contributed by atoms with Crippen LogP contribution in [0, 0.1) is 5.92 Å². The van der Waals surface area contributed by atoms with E-state index in [4.69, 9.17) is 11.6 Å². The molecular weight excluding hydrogens is 234 g/mol. The molecule has 0 unspecified atom stereocenters. The van der Waals surface area contributed by atoms with Crippen LogP contribution in [0.5, 0.6) is 0 Å². The van der Waals surface area contributed by atoms with Gasteiger partial charge < -0.3 is 4.90 Å². The molecule has 0 spiro atoms. The van der Waals surface area contributed by atoms with Gasteiger partial charge in [0.2, 0.25) is 0 Å². The van der Waals surface area contributed by atoms with E-state index in [0.717, 1.165) is 36.5 Å². The van der Waals surface area contributed by atoms with Crippen LogP contribution in [0.3, 0.4) is 0 Å². The summed E-state index contributed by atoms with van der Waals surface area (Å²) in [5, 5.41) is 0.697. The minimum Gasteiger partial charge on any atom is -0.371 e. The molecule has 2 nitrogen and oxygen atoms in total. The van der Waals surface area contributed by atoms with Crippen LogP contribution in [0.15, 0.2) is 18.2 Å². The summed E-state index contributed by atoms with van der Waals surface area (Å²) < 4.78 is 0. The van der Waals surface area contributed by atoms with Crippen LogP contribution < -0.4 is 4.90 Å². The second-order valence-electron chi connectivity index (χ2n) is 4.66. The van der Waals surface area contributed by atoms with Crippen molar-refractivity contribution in [2.24, 2.45) is 5.92 Å². The maximum Gasteiger partial charge on any atom is 0.152 e. The molecule has 17 heavy (non-hydrogen) atoms. The second-order valence-corrected chi connectivity index (χ2v) is 5.10. The lowest BCUT2D eigenvalue weighted by atomic mass is 9.94. The van der Waals surface area contributed by atoms with Crippen LogP contribution in [-0.4, -0.2) is 19.4 Å². The van der Waals surface area contributed by atoms with E-state index in [1.807, 2.05) is 6.07 Å². The molecule has 2 rings (SSSR count). The van der Waals surface area contributed by atoms with Gasteiger partial charge in [-0.05, 0) is 37.0 Å². The van der Waals surface area contributed by atoms with Crippen LogP contribution in [0.25, 0.3) is 0 Å². The van der Waals surface area contributed by atoms with Crippen molar-refractivity contribution >= 4 is 23.6 Å². The Hall–Kier alpha value is -1.02. The van der Waals surface area contributed by atoms with E-state index in [1.54, 1.807) is 12.1 Å². The van der Waals surface area contributed by atoms with Gasteiger partial charge in [-0.1, -0.05) is 24.9 Å². The molecule has 1 aromatic rings. The van der Waals surface area contributed by atoms with Crippen LogP contribution in [0.4, 0.5) is 5.69 Å². The van der Waals surface area contributed by atoms with E-state index in [1.165, 1.54) is 19.3 Å². The summed E-state index contributed by atoms with van der Waals surface area (Å²) in [6, 6.07) is 5.47. The molecule has 92 valence electrons. The minimum absolute atomic E-state index is 0.697. The number of piperidine rings is 1. The molecule has 1 aliphatic rings. The van der Waals surface area contributed by atoms with Gasteiger partial charge in [0.25, 0.3) is 0 Å². The average molecular weight is 252 g/mol. The van der Waals surface area contributed by atoms with E-state index < -0.39 is 0 Å². The second kappa shape index (κ2) is 5.54. The van der Waals surface area contributed by atoms with Crippen molar-refractivity contribution in [3.05, 3.63) is 28.8 Å². The minimum atomic E-state index is 0.697. The highest BCUT2D eigenvalue weighted by molar-refractivity contribution is 6.31. The largest absolute Gasteiger partial charge is 0.371 e. The fraction of sp³-hybridized carbons (Fsp3) is 0.500. The Morgan fingerprint density at radius 3 is 2.71 bits per heavy atom. The summed E-state index contributed by atoms with van der Waals surface area (Å²) in [7, 11) is 0. The Kier molecular flexibility index (Phi) is 4.06. The maximum atomic E-state index is 11.0. The summed E-state index contributed by atoms with van der Waals surface area (Å²) in [5.41, 5.74) is 1.73. The van der Waals surface area contributed by atoms with E-state index in [-0.39, 0.29) is 0 Å². The number of rotatable bonds is 3. The number of hydrogen-bond acceptors (Lipinski definition) is 2. The molecular formula is C14H18ClNO. The number of nitrogens with zero attached hydrogens (tertiary/aromatic N) is 1. The lowest BCUT2D eigenvalue weighted by Gasteiger charge is -2.34. The van der Waals surface area contributed by atoms with Gasteiger partial charge in [0.05, 0.1) is 0 Å². The monoisotopic (exact) mass is 251 g/mol. The first kappa shape index (κ1) is 12.4.